The molecule has 1 aromatic heterocycles. The minimum atomic E-state index is 0.399. The number of hydrogen-bond donors (Lipinski definition) is 2. The normalized spacial score (nSPS) is 12.8. The first-order valence-corrected chi connectivity index (χ1v) is 10.6. The van der Waals surface area contributed by atoms with Crippen LogP contribution in [0.15, 0.2) is 45.0 Å². The molecule has 2 N–H and O–H groups in total. The van der Waals surface area contributed by atoms with Gasteiger partial charge in [0.15, 0.2) is 5.96 Å². The second-order valence-corrected chi connectivity index (χ2v) is 8.25. The minimum absolute atomic E-state index is 0.399. The van der Waals surface area contributed by atoms with Crippen LogP contribution in [0.1, 0.15) is 26.6 Å². The molecule has 0 bridgehead atoms. The highest BCUT2D eigenvalue weighted by Crippen LogP contribution is 2.24. The van der Waals surface area contributed by atoms with E-state index in [1.54, 1.807) is 6.33 Å². The highest BCUT2D eigenvalue weighted by atomic mass is 79.9. The fourth-order valence-electron chi connectivity index (χ4n) is 2.38. The first kappa shape index (κ1) is 20.8. The summed E-state index contributed by atoms with van der Waals surface area (Å²) in [6, 6.07) is 8.39. The molecule has 1 heterocycles. The Hall–Kier alpha value is -1.54. The Morgan fingerprint density at radius 3 is 2.73 bits per heavy atom. The Kier molecular flexibility index (Phi) is 8.97. The molecule has 0 radical (unpaired) electrons. The number of hydrogen-bond acceptors (Lipinski definition) is 4. The van der Waals surface area contributed by atoms with Gasteiger partial charge in [-0.25, -0.2) is 0 Å². The van der Waals surface area contributed by atoms with Crippen molar-refractivity contribution < 1.29 is 0 Å². The number of nitrogens with zero attached hydrogens (tertiary/aromatic N) is 4. The summed E-state index contributed by atoms with van der Waals surface area (Å²) >= 11 is 5.30. The van der Waals surface area contributed by atoms with E-state index in [4.69, 9.17) is 4.99 Å². The highest BCUT2D eigenvalue weighted by Gasteiger charge is 2.06. The summed E-state index contributed by atoms with van der Waals surface area (Å²) in [5.41, 5.74) is 0. The monoisotopic (exact) mass is 438 g/mol. The number of aromatic nitrogens is 3. The van der Waals surface area contributed by atoms with E-state index >= 15 is 0 Å². The van der Waals surface area contributed by atoms with Crippen molar-refractivity contribution >= 4 is 33.7 Å². The fourth-order valence-corrected chi connectivity index (χ4v) is 3.55. The number of aliphatic imine (C=N–C) groups is 1. The van der Waals surface area contributed by atoms with E-state index in [9.17, 15) is 0 Å². The van der Waals surface area contributed by atoms with Crippen molar-refractivity contribution in [1.82, 2.24) is 25.4 Å². The fraction of sp³-hybridized carbons (Fsp3) is 0.500. The van der Waals surface area contributed by atoms with Crippen molar-refractivity contribution in [2.75, 3.05) is 19.6 Å². The molecule has 0 amide bonds. The molecule has 0 fully saturated rings. The Labute approximate surface area is 168 Å². The summed E-state index contributed by atoms with van der Waals surface area (Å²) in [5.74, 6) is 1.86. The van der Waals surface area contributed by atoms with E-state index < -0.39 is 0 Å². The van der Waals surface area contributed by atoms with Crippen LogP contribution < -0.4 is 10.6 Å². The Balaban J connectivity index is 1.82. The first-order chi connectivity index (χ1) is 12.6. The van der Waals surface area contributed by atoms with Crippen molar-refractivity contribution in [3.05, 3.63) is 40.9 Å². The molecule has 0 aliphatic heterocycles. The second-order valence-electron chi connectivity index (χ2n) is 5.82. The largest absolute Gasteiger partial charge is 0.357 e. The molecule has 0 aliphatic carbocycles. The van der Waals surface area contributed by atoms with E-state index in [2.05, 4.69) is 86.4 Å². The third-order valence-electron chi connectivity index (χ3n) is 3.66. The Morgan fingerprint density at radius 2 is 2.04 bits per heavy atom. The third-order valence-corrected chi connectivity index (χ3v) is 5.28. The molecule has 8 heteroatoms. The molecule has 1 atom stereocenters. The number of nitrogens with one attached hydrogen (secondary N) is 2. The summed E-state index contributed by atoms with van der Waals surface area (Å²) in [6.45, 7) is 9.56. The van der Waals surface area contributed by atoms with E-state index in [-0.39, 0.29) is 0 Å². The average molecular weight is 439 g/mol. The lowest BCUT2D eigenvalue weighted by Crippen LogP contribution is -2.39. The van der Waals surface area contributed by atoms with Crippen LogP contribution >= 0.6 is 27.7 Å². The zero-order valence-electron chi connectivity index (χ0n) is 15.6. The zero-order chi connectivity index (χ0) is 18.8. The molecule has 0 spiro atoms. The van der Waals surface area contributed by atoms with Crippen LogP contribution in [0.25, 0.3) is 0 Å². The molecule has 2 aromatic rings. The number of guanidine groups is 1. The van der Waals surface area contributed by atoms with Gasteiger partial charge in [0.25, 0.3) is 0 Å². The van der Waals surface area contributed by atoms with Gasteiger partial charge in [0, 0.05) is 40.7 Å². The standard InChI is InChI=1S/C18H27BrN6S/c1-4-17-24-23-13-25(17)11-10-21-18(20-5-2)22-12-14(3)26-16-8-6-15(19)7-9-16/h6-9,13-14H,4-5,10-12H2,1-3H3,(H2,20,21,22). The summed E-state index contributed by atoms with van der Waals surface area (Å²) in [6.07, 6.45) is 2.67. The van der Waals surface area contributed by atoms with Gasteiger partial charge in [0.2, 0.25) is 0 Å². The highest BCUT2D eigenvalue weighted by molar-refractivity contribution is 9.10. The van der Waals surface area contributed by atoms with E-state index in [1.165, 1.54) is 4.90 Å². The van der Waals surface area contributed by atoms with Gasteiger partial charge in [-0.2, -0.15) is 0 Å². The Morgan fingerprint density at radius 1 is 1.27 bits per heavy atom. The molecule has 142 valence electrons. The Bertz CT molecular complexity index is 685. The maximum atomic E-state index is 4.71. The number of aryl methyl sites for hydroxylation is 1. The van der Waals surface area contributed by atoms with Crippen LogP contribution in [0.5, 0.6) is 0 Å². The van der Waals surface area contributed by atoms with E-state index in [0.29, 0.717) is 5.25 Å². The van der Waals surface area contributed by atoms with Gasteiger partial charge in [0.1, 0.15) is 12.2 Å². The number of thioether (sulfide) groups is 1. The van der Waals surface area contributed by atoms with Gasteiger partial charge in [-0.05, 0) is 31.2 Å². The second kappa shape index (κ2) is 11.2. The van der Waals surface area contributed by atoms with Crippen LogP contribution in [0.3, 0.4) is 0 Å². The van der Waals surface area contributed by atoms with Gasteiger partial charge in [-0.1, -0.05) is 29.8 Å². The van der Waals surface area contributed by atoms with Crippen LogP contribution in [0, 0.1) is 0 Å². The summed E-state index contributed by atoms with van der Waals surface area (Å²) in [4.78, 5) is 5.97. The van der Waals surface area contributed by atoms with Gasteiger partial charge < -0.3 is 15.2 Å². The average Bonchev–Trinajstić information content (AvgIpc) is 3.09. The summed E-state index contributed by atoms with van der Waals surface area (Å²) < 4.78 is 3.17. The van der Waals surface area contributed by atoms with Crippen molar-refractivity contribution in [1.29, 1.82) is 0 Å². The molecule has 0 saturated carbocycles. The topological polar surface area (TPSA) is 67.1 Å². The van der Waals surface area contributed by atoms with Gasteiger partial charge >= 0.3 is 0 Å². The third kappa shape index (κ3) is 6.99. The SMILES string of the molecule is CCNC(=NCC(C)Sc1ccc(Br)cc1)NCCn1cnnc1CC. The molecular formula is C18H27BrN6S. The van der Waals surface area contributed by atoms with Crippen LogP contribution in [-0.4, -0.2) is 45.6 Å². The van der Waals surface area contributed by atoms with Crippen LogP contribution in [-0.2, 0) is 13.0 Å². The lowest BCUT2D eigenvalue weighted by molar-refractivity contribution is 0.632. The molecular weight excluding hydrogens is 412 g/mol. The van der Waals surface area contributed by atoms with Crippen LogP contribution in [0.2, 0.25) is 0 Å². The number of benzene rings is 1. The predicted molar refractivity (Wildman–Crippen MR) is 113 cm³/mol. The van der Waals surface area contributed by atoms with Gasteiger partial charge in [-0.3, -0.25) is 4.99 Å². The molecule has 2 rings (SSSR count). The zero-order valence-corrected chi connectivity index (χ0v) is 18.0. The first-order valence-electron chi connectivity index (χ1n) is 8.93. The maximum absolute atomic E-state index is 4.71. The molecule has 1 unspecified atom stereocenters. The van der Waals surface area contributed by atoms with E-state index in [0.717, 1.165) is 48.9 Å². The lowest BCUT2D eigenvalue weighted by atomic mass is 10.4. The molecule has 6 nitrogen and oxygen atoms in total. The van der Waals surface area contributed by atoms with Crippen molar-refractivity contribution in [3.63, 3.8) is 0 Å². The molecule has 1 aromatic carbocycles. The van der Waals surface area contributed by atoms with Gasteiger partial charge in [0.05, 0.1) is 6.54 Å². The maximum Gasteiger partial charge on any atom is 0.191 e. The van der Waals surface area contributed by atoms with Gasteiger partial charge in [-0.15, -0.1) is 22.0 Å². The quantitative estimate of drug-likeness (QED) is 0.357. The summed E-state index contributed by atoms with van der Waals surface area (Å²) in [7, 11) is 0. The van der Waals surface area contributed by atoms with Crippen molar-refractivity contribution in [2.24, 2.45) is 4.99 Å². The van der Waals surface area contributed by atoms with Crippen LogP contribution in [0.4, 0.5) is 0 Å². The van der Waals surface area contributed by atoms with E-state index in [1.807, 2.05) is 11.8 Å². The molecule has 26 heavy (non-hydrogen) atoms. The lowest BCUT2D eigenvalue weighted by Gasteiger charge is -2.14. The van der Waals surface area contributed by atoms with Crippen molar-refractivity contribution in [3.8, 4) is 0 Å². The van der Waals surface area contributed by atoms with Crippen molar-refractivity contribution in [2.45, 2.75) is 43.9 Å². The smallest absolute Gasteiger partial charge is 0.191 e. The number of halogens is 1. The number of rotatable bonds is 9. The summed E-state index contributed by atoms with van der Waals surface area (Å²) in [5, 5.41) is 15.2. The predicted octanol–water partition coefficient (Wildman–Crippen LogP) is 3.34. The molecule has 0 saturated heterocycles. The molecule has 0 aliphatic rings. The minimum Gasteiger partial charge on any atom is -0.357 e.